The van der Waals surface area contributed by atoms with Crippen LogP contribution in [0, 0.1) is 6.92 Å². The highest BCUT2D eigenvalue weighted by Gasteiger charge is 2.20. The lowest BCUT2D eigenvalue weighted by Crippen LogP contribution is -2.34. The van der Waals surface area contributed by atoms with E-state index in [1.165, 1.54) is 48.9 Å². The standard InChI is InChI=1S/C18H30N2O/c1-15-9-10-18(16(13-15)14-19-11-12-21-3)20(2)17-7-5-4-6-8-17/h9-10,13,17,19H,4-8,11-12,14H2,1-3H3. The summed E-state index contributed by atoms with van der Waals surface area (Å²) in [4.78, 5) is 2.51. The lowest BCUT2D eigenvalue weighted by Gasteiger charge is -2.34. The Kier molecular flexibility index (Phi) is 6.52. The second kappa shape index (κ2) is 8.40. The number of ether oxygens (including phenoxy) is 1. The predicted octanol–water partition coefficient (Wildman–Crippen LogP) is 3.50. The molecule has 21 heavy (non-hydrogen) atoms. The van der Waals surface area contributed by atoms with Crippen molar-refractivity contribution in [1.29, 1.82) is 0 Å². The molecule has 1 aliphatic rings. The van der Waals surface area contributed by atoms with Crippen molar-refractivity contribution in [3.63, 3.8) is 0 Å². The number of nitrogens with zero attached hydrogens (tertiary/aromatic N) is 1. The van der Waals surface area contributed by atoms with Gasteiger partial charge in [0.1, 0.15) is 0 Å². The number of anilines is 1. The van der Waals surface area contributed by atoms with E-state index in [0.29, 0.717) is 6.04 Å². The van der Waals surface area contributed by atoms with Gasteiger partial charge in [-0.3, -0.25) is 0 Å². The highest BCUT2D eigenvalue weighted by molar-refractivity contribution is 5.55. The van der Waals surface area contributed by atoms with E-state index in [-0.39, 0.29) is 0 Å². The molecule has 1 fully saturated rings. The van der Waals surface area contributed by atoms with E-state index in [1.54, 1.807) is 7.11 Å². The maximum absolute atomic E-state index is 5.10. The smallest absolute Gasteiger partial charge is 0.0587 e. The summed E-state index contributed by atoms with van der Waals surface area (Å²) >= 11 is 0. The van der Waals surface area contributed by atoms with E-state index in [2.05, 4.69) is 42.4 Å². The first-order valence-electron chi connectivity index (χ1n) is 8.24. The number of rotatable bonds is 7. The van der Waals surface area contributed by atoms with Crippen molar-refractivity contribution in [2.45, 2.75) is 51.6 Å². The molecule has 1 aromatic carbocycles. The van der Waals surface area contributed by atoms with Gasteiger partial charge in [0.2, 0.25) is 0 Å². The second-order valence-corrected chi connectivity index (χ2v) is 6.20. The third-order valence-corrected chi connectivity index (χ3v) is 4.54. The quantitative estimate of drug-likeness (QED) is 0.778. The number of aryl methyl sites for hydroxylation is 1. The van der Waals surface area contributed by atoms with Gasteiger partial charge < -0.3 is 15.0 Å². The minimum absolute atomic E-state index is 0.708. The number of hydrogen-bond donors (Lipinski definition) is 1. The number of methoxy groups -OCH3 is 1. The first-order chi connectivity index (χ1) is 10.2. The van der Waals surface area contributed by atoms with Crippen LogP contribution in [-0.4, -0.2) is 33.4 Å². The van der Waals surface area contributed by atoms with Gasteiger partial charge in [-0.15, -0.1) is 0 Å². The molecule has 0 aliphatic heterocycles. The van der Waals surface area contributed by atoms with Crippen molar-refractivity contribution in [3.05, 3.63) is 29.3 Å². The molecule has 1 saturated carbocycles. The molecule has 1 aliphatic carbocycles. The first kappa shape index (κ1) is 16.3. The fourth-order valence-electron chi connectivity index (χ4n) is 3.26. The second-order valence-electron chi connectivity index (χ2n) is 6.20. The summed E-state index contributed by atoms with van der Waals surface area (Å²) in [5.74, 6) is 0. The molecule has 3 heteroatoms. The normalized spacial score (nSPS) is 16.1. The van der Waals surface area contributed by atoms with Gasteiger partial charge in [-0.2, -0.15) is 0 Å². The molecule has 0 unspecified atom stereocenters. The molecule has 0 atom stereocenters. The molecule has 0 spiro atoms. The topological polar surface area (TPSA) is 24.5 Å². The van der Waals surface area contributed by atoms with Gasteiger partial charge in [-0.1, -0.05) is 37.0 Å². The van der Waals surface area contributed by atoms with Crippen molar-refractivity contribution < 1.29 is 4.74 Å². The maximum Gasteiger partial charge on any atom is 0.0587 e. The summed E-state index contributed by atoms with van der Waals surface area (Å²) in [5.41, 5.74) is 4.12. The Balaban J connectivity index is 2.05. The van der Waals surface area contributed by atoms with Crippen molar-refractivity contribution >= 4 is 5.69 Å². The molecule has 0 saturated heterocycles. The molecule has 0 amide bonds. The highest BCUT2D eigenvalue weighted by Crippen LogP contribution is 2.29. The summed E-state index contributed by atoms with van der Waals surface area (Å²) < 4.78 is 5.10. The SMILES string of the molecule is COCCNCc1cc(C)ccc1N(C)C1CCCCC1. The summed E-state index contributed by atoms with van der Waals surface area (Å²) in [6, 6.07) is 7.54. The lowest BCUT2D eigenvalue weighted by molar-refractivity contribution is 0.199. The van der Waals surface area contributed by atoms with Crippen LogP contribution in [0.15, 0.2) is 18.2 Å². The van der Waals surface area contributed by atoms with E-state index >= 15 is 0 Å². The molecule has 2 rings (SSSR count). The highest BCUT2D eigenvalue weighted by atomic mass is 16.5. The van der Waals surface area contributed by atoms with Gasteiger partial charge >= 0.3 is 0 Å². The Morgan fingerprint density at radius 3 is 2.71 bits per heavy atom. The van der Waals surface area contributed by atoms with E-state index in [9.17, 15) is 0 Å². The molecule has 1 aromatic rings. The summed E-state index contributed by atoms with van der Waals surface area (Å²) in [6.45, 7) is 4.75. The minimum atomic E-state index is 0.708. The monoisotopic (exact) mass is 290 g/mol. The Morgan fingerprint density at radius 2 is 2.00 bits per heavy atom. The molecule has 0 heterocycles. The van der Waals surface area contributed by atoms with E-state index in [1.807, 2.05) is 0 Å². The minimum Gasteiger partial charge on any atom is -0.383 e. The van der Waals surface area contributed by atoms with Crippen LogP contribution in [0.4, 0.5) is 5.69 Å². The van der Waals surface area contributed by atoms with E-state index in [0.717, 1.165) is 19.7 Å². The first-order valence-corrected chi connectivity index (χ1v) is 8.24. The van der Waals surface area contributed by atoms with Gasteiger partial charge in [0.15, 0.2) is 0 Å². The number of nitrogens with one attached hydrogen (secondary N) is 1. The van der Waals surface area contributed by atoms with Crippen molar-refractivity contribution in [2.75, 3.05) is 32.2 Å². The molecule has 3 nitrogen and oxygen atoms in total. The summed E-state index contributed by atoms with van der Waals surface area (Å²) in [7, 11) is 4.01. The van der Waals surface area contributed by atoms with Crippen LogP contribution in [0.5, 0.6) is 0 Å². The fraction of sp³-hybridized carbons (Fsp3) is 0.667. The van der Waals surface area contributed by atoms with Crippen LogP contribution in [0.1, 0.15) is 43.2 Å². The lowest BCUT2D eigenvalue weighted by atomic mass is 9.93. The molecular formula is C18H30N2O. The Labute approximate surface area is 129 Å². The van der Waals surface area contributed by atoms with Gasteiger partial charge in [0, 0.05) is 39.0 Å². The van der Waals surface area contributed by atoms with Crippen LogP contribution in [0.2, 0.25) is 0 Å². The summed E-state index contributed by atoms with van der Waals surface area (Å²) in [6.07, 6.45) is 6.83. The van der Waals surface area contributed by atoms with E-state index in [4.69, 9.17) is 4.74 Å². The average molecular weight is 290 g/mol. The van der Waals surface area contributed by atoms with Gasteiger partial charge in [-0.05, 0) is 31.4 Å². The van der Waals surface area contributed by atoms with Gasteiger partial charge in [0.05, 0.1) is 6.61 Å². The molecule has 0 radical (unpaired) electrons. The Morgan fingerprint density at radius 1 is 1.24 bits per heavy atom. The third-order valence-electron chi connectivity index (χ3n) is 4.54. The molecule has 0 bridgehead atoms. The van der Waals surface area contributed by atoms with Crippen LogP contribution < -0.4 is 10.2 Å². The zero-order valence-corrected chi connectivity index (χ0v) is 13.8. The largest absolute Gasteiger partial charge is 0.383 e. The van der Waals surface area contributed by atoms with Gasteiger partial charge in [-0.25, -0.2) is 0 Å². The fourth-order valence-corrected chi connectivity index (χ4v) is 3.26. The van der Waals surface area contributed by atoms with Gasteiger partial charge in [0.25, 0.3) is 0 Å². The Bertz CT molecular complexity index is 427. The van der Waals surface area contributed by atoms with Crippen LogP contribution >= 0.6 is 0 Å². The van der Waals surface area contributed by atoms with Crippen LogP contribution in [-0.2, 0) is 11.3 Å². The van der Waals surface area contributed by atoms with E-state index < -0.39 is 0 Å². The number of hydrogen-bond acceptors (Lipinski definition) is 3. The molecular weight excluding hydrogens is 260 g/mol. The zero-order chi connectivity index (χ0) is 15.1. The maximum atomic E-state index is 5.10. The van der Waals surface area contributed by atoms with Crippen LogP contribution in [0.25, 0.3) is 0 Å². The zero-order valence-electron chi connectivity index (χ0n) is 13.8. The predicted molar refractivity (Wildman–Crippen MR) is 90.0 cm³/mol. The van der Waals surface area contributed by atoms with Crippen LogP contribution in [0.3, 0.4) is 0 Å². The summed E-state index contributed by atoms with van der Waals surface area (Å²) in [5, 5.41) is 3.48. The molecule has 0 aromatic heterocycles. The van der Waals surface area contributed by atoms with Crippen molar-refractivity contribution in [1.82, 2.24) is 5.32 Å². The molecule has 1 N–H and O–H groups in total. The van der Waals surface area contributed by atoms with Crippen molar-refractivity contribution in [2.24, 2.45) is 0 Å². The van der Waals surface area contributed by atoms with Crippen molar-refractivity contribution in [3.8, 4) is 0 Å². The average Bonchev–Trinajstić information content (AvgIpc) is 2.52. The Hall–Kier alpha value is -1.06. The third kappa shape index (κ3) is 4.72. The molecule has 118 valence electrons. The number of benzene rings is 1.